The quantitative estimate of drug-likeness (QED) is 0.693. The highest BCUT2D eigenvalue weighted by Gasteiger charge is 2.23. The van der Waals surface area contributed by atoms with Crippen LogP contribution < -0.4 is 15.5 Å². The predicted octanol–water partition coefficient (Wildman–Crippen LogP) is 4.52. The number of nitrogens with zero attached hydrogens (tertiary/aromatic N) is 2. The number of hydrogen-bond donors (Lipinski definition) is 2. The van der Waals surface area contributed by atoms with Crippen molar-refractivity contribution in [2.45, 2.75) is 12.8 Å². The van der Waals surface area contributed by atoms with Crippen LogP contribution in [0.3, 0.4) is 0 Å². The predicted molar refractivity (Wildman–Crippen MR) is 107 cm³/mol. The summed E-state index contributed by atoms with van der Waals surface area (Å²) in [6.07, 6.45) is 1.95. The number of nitrogens with one attached hydrogen (secondary N) is 2. The van der Waals surface area contributed by atoms with Gasteiger partial charge in [0, 0.05) is 19.6 Å². The number of fused-ring (bicyclic) bond motifs is 1. The molecule has 2 aromatic carbocycles. The van der Waals surface area contributed by atoms with Crippen molar-refractivity contribution in [3.05, 3.63) is 53.6 Å². The Kier molecular flexibility index (Phi) is 5.16. The number of anilines is 2. The summed E-state index contributed by atoms with van der Waals surface area (Å²) in [7, 11) is 0. The molecule has 6 nitrogen and oxygen atoms in total. The maximum Gasteiger partial charge on any atom is 0.319 e. The van der Waals surface area contributed by atoms with Gasteiger partial charge in [0.2, 0.25) is 0 Å². The van der Waals surface area contributed by atoms with E-state index in [9.17, 15) is 4.79 Å². The zero-order valence-electron chi connectivity index (χ0n) is 14.8. The van der Waals surface area contributed by atoms with E-state index >= 15 is 0 Å². The lowest BCUT2D eigenvalue weighted by atomic mass is 9.97. The van der Waals surface area contributed by atoms with Crippen LogP contribution in [0.4, 0.5) is 16.5 Å². The van der Waals surface area contributed by atoms with Crippen molar-refractivity contribution in [3.63, 3.8) is 0 Å². The van der Waals surface area contributed by atoms with Crippen LogP contribution in [0.5, 0.6) is 0 Å². The second-order valence-corrected chi connectivity index (χ2v) is 7.12. The molecule has 1 aromatic heterocycles. The number of aromatic nitrogens is 1. The van der Waals surface area contributed by atoms with Gasteiger partial charge in [-0.05, 0) is 43.0 Å². The number of oxazole rings is 1. The van der Waals surface area contributed by atoms with E-state index in [2.05, 4.69) is 20.5 Å². The number of halogens is 1. The third-order valence-electron chi connectivity index (χ3n) is 4.84. The summed E-state index contributed by atoms with van der Waals surface area (Å²) in [6, 6.07) is 15.4. The number of para-hydroxylation sites is 3. The van der Waals surface area contributed by atoms with E-state index in [1.165, 1.54) is 0 Å². The van der Waals surface area contributed by atoms with Gasteiger partial charge >= 0.3 is 6.03 Å². The summed E-state index contributed by atoms with van der Waals surface area (Å²) < 4.78 is 5.84. The van der Waals surface area contributed by atoms with Crippen molar-refractivity contribution in [1.29, 1.82) is 0 Å². The summed E-state index contributed by atoms with van der Waals surface area (Å²) in [4.78, 5) is 18.8. The summed E-state index contributed by atoms with van der Waals surface area (Å²) >= 11 is 6.06. The highest BCUT2D eigenvalue weighted by Crippen LogP contribution is 2.26. The maximum absolute atomic E-state index is 12.1. The highest BCUT2D eigenvalue weighted by atomic mass is 35.5. The zero-order valence-corrected chi connectivity index (χ0v) is 15.6. The molecule has 4 rings (SSSR count). The molecule has 0 spiro atoms. The van der Waals surface area contributed by atoms with Crippen LogP contribution in [-0.2, 0) is 0 Å². The summed E-state index contributed by atoms with van der Waals surface area (Å²) in [5.74, 6) is 0.433. The van der Waals surface area contributed by atoms with Gasteiger partial charge in [-0.3, -0.25) is 0 Å². The molecule has 27 heavy (non-hydrogen) atoms. The molecule has 1 aliphatic rings. The Hall–Kier alpha value is -2.73. The normalized spacial score (nSPS) is 15.1. The van der Waals surface area contributed by atoms with E-state index in [0.717, 1.165) is 37.0 Å². The molecule has 0 aliphatic carbocycles. The van der Waals surface area contributed by atoms with E-state index in [1.54, 1.807) is 12.1 Å². The van der Waals surface area contributed by atoms with Crippen molar-refractivity contribution in [2.24, 2.45) is 5.92 Å². The SMILES string of the molecule is O=C(NCC1CCN(c2nc3ccccc3o2)CC1)Nc1ccccc1Cl. The first-order valence-corrected chi connectivity index (χ1v) is 9.47. The third kappa shape index (κ3) is 4.17. The van der Waals surface area contributed by atoms with Crippen LogP contribution in [0.25, 0.3) is 11.1 Å². The zero-order chi connectivity index (χ0) is 18.6. The van der Waals surface area contributed by atoms with Crippen LogP contribution in [-0.4, -0.2) is 30.6 Å². The van der Waals surface area contributed by atoms with Crippen molar-refractivity contribution < 1.29 is 9.21 Å². The average Bonchev–Trinajstić information content (AvgIpc) is 3.13. The molecule has 2 N–H and O–H groups in total. The number of piperidine rings is 1. The van der Waals surface area contributed by atoms with Crippen molar-refractivity contribution in [2.75, 3.05) is 29.9 Å². The second kappa shape index (κ2) is 7.88. The molecule has 2 heterocycles. The monoisotopic (exact) mass is 384 g/mol. The molecule has 0 unspecified atom stereocenters. The lowest BCUT2D eigenvalue weighted by molar-refractivity contribution is 0.248. The van der Waals surface area contributed by atoms with Gasteiger partial charge in [0.15, 0.2) is 5.58 Å². The second-order valence-electron chi connectivity index (χ2n) is 6.71. The van der Waals surface area contributed by atoms with Crippen LogP contribution in [0, 0.1) is 5.92 Å². The Morgan fingerprint density at radius 2 is 1.89 bits per heavy atom. The van der Waals surface area contributed by atoms with Crippen molar-refractivity contribution in [1.82, 2.24) is 10.3 Å². The number of rotatable bonds is 4. The summed E-state index contributed by atoms with van der Waals surface area (Å²) in [5, 5.41) is 6.25. The molecule has 1 fully saturated rings. The van der Waals surface area contributed by atoms with E-state index < -0.39 is 0 Å². The van der Waals surface area contributed by atoms with Gasteiger partial charge < -0.3 is 20.0 Å². The highest BCUT2D eigenvalue weighted by molar-refractivity contribution is 6.33. The smallest absolute Gasteiger partial charge is 0.319 e. The minimum Gasteiger partial charge on any atom is -0.423 e. The van der Waals surface area contributed by atoms with Gasteiger partial charge in [0.1, 0.15) is 5.52 Å². The first-order valence-electron chi connectivity index (χ1n) is 9.09. The van der Waals surface area contributed by atoms with Gasteiger partial charge in [-0.15, -0.1) is 0 Å². The van der Waals surface area contributed by atoms with Crippen LogP contribution in [0.1, 0.15) is 12.8 Å². The molecule has 2 amide bonds. The van der Waals surface area contributed by atoms with Gasteiger partial charge in [-0.2, -0.15) is 4.98 Å². The lowest BCUT2D eigenvalue weighted by Gasteiger charge is -2.30. The molecule has 3 aromatic rings. The largest absolute Gasteiger partial charge is 0.423 e. The van der Waals surface area contributed by atoms with Crippen LogP contribution in [0.2, 0.25) is 5.02 Å². The third-order valence-corrected chi connectivity index (χ3v) is 5.17. The molecule has 0 atom stereocenters. The minimum atomic E-state index is -0.232. The Balaban J connectivity index is 1.26. The van der Waals surface area contributed by atoms with E-state index in [4.69, 9.17) is 16.0 Å². The van der Waals surface area contributed by atoms with E-state index in [-0.39, 0.29) is 6.03 Å². The number of benzene rings is 2. The molecular formula is C20H21ClN4O2. The topological polar surface area (TPSA) is 70.4 Å². The van der Waals surface area contributed by atoms with Crippen molar-refractivity contribution in [3.8, 4) is 0 Å². The molecule has 0 radical (unpaired) electrons. The Morgan fingerprint density at radius 1 is 1.15 bits per heavy atom. The van der Waals surface area contributed by atoms with Crippen LogP contribution in [0.15, 0.2) is 52.9 Å². The lowest BCUT2D eigenvalue weighted by Crippen LogP contribution is -2.40. The fourth-order valence-electron chi connectivity index (χ4n) is 3.29. The van der Waals surface area contributed by atoms with Crippen molar-refractivity contribution >= 4 is 40.4 Å². The number of urea groups is 1. The molecule has 7 heteroatoms. The molecule has 0 bridgehead atoms. The van der Waals surface area contributed by atoms with E-state index in [1.807, 2.05) is 36.4 Å². The molecule has 1 saturated heterocycles. The number of carbonyl (C=O) groups excluding carboxylic acids is 1. The molecule has 1 aliphatic heterocycles. The maximum atomic E-state index is 12.1. The Bertz CT molecular complexity index is 901. The molecule has 0 saturated carbocycles. The number of hydrogen-bond acceptors (Lipinski definition) is 4. The van der Waals surface area contributed by atoms with Gasteiger partial charge in [-0.25, -0.2) is 4.79 Å². The van der Waals surface area contributed by atoms with E-state index in [0.29, 0.717) is 29.2 Å². The summed E-state index contributed by atoms with van der Waals surface area (Å²) in [5.41, 5.74) is 2.31. The molecule has 140 valence electrons. The number of carbonyl (C=O) groups is 1. The Labute approximate surface area is 162 Å². The van der Waals surface area contributed by atoms with Gasteiger partial charge in [0.05, 0.1) is 10.7 Å². The molecular weight excluding hydrogens is 364 g/mol. The fourth-order valence-corrected chi connectivity index (χ4v) is 3.47. The number of amides is 2. The first-order chi connectivity index (χ1) is 13.2. The fraction of sp³-hybridized carbons (Fsp3) is 0.300. The average molecular weight is 385 g/mol. The van der Waals surface area contributed by atoms with Gasteiger partial charge in [-0.1, -0.05) is 35.9 Å². The standard InChI is InChI=1S/C20H21ClN4O2/c21-15-5-1-2-6-16(15)23-19(26)22-13-14-9-11-25(12-10-14)20-24-17-7-3-4-8-18(17)27-20/h1-8,14H,9-13H2,(H2,22,23,26). The minimum absolute atomic E-state index is 0.232. The van der Waals surface area contributed by atoms with Crippen LogP contribution >= 0.6 is 11.6 Å². The summed E-state index contributed by atoms with van der Waals surface area (Å²) in [6.45, 7) is 2.37. The first kappa shape index (κ1) is 17.7. The Morgan fingerprint density at radius 3 is 2.67 bits per heavy atom. The van der Waals surface area contributed by atoms with Gasteiger partial charge in [0.25, 0.3) is 6.01 Å².